The summed E-state index contributed by atoms with van der Waals surface area (Å²) in [5.74, 6) is 0.483. The highest BCUT2D eigenvalue weighted by molar-refractivity contribution is 7.99. The maximum absolute atomic E-state index is 13.7. The maximum atomic E-state index is 13.7. The Morgan fingerprint density at radius 2 is 2.00 bits per heavy atom. The van der Waals surface area contributed by atoms with Gasteiger partial charge in [0.2, 0.25) is 0 Å². The Morgan fingerprint density at radius 3 is 2.75 bits per heavy atom. The van der Waals surface area contributed by atoms with Gasteiger partial charge in [-0.1, -0.05) is 35.5 Å². The lowest BCUT2D eigenvalue weighted by molar-refractivity contribution is -0.118. The van der Waals surface area contributed by atoms with Crippen LogP contribution in [0.15, 0.2) is 63.6 Å². The summed E-state index contributed by atoms with van der Waals surface area (Å²) in [7, 11) is 0. The van der Waals surface area contributed by atoms with Crippen LogP contribution in [-0.2, 0) is 17.6 Å². The summed E-state index contributed by atoms with van der Waals surface area (Å²) in [6, 6.07) is 14.5. The van der Waals surface area contributed by atoms with Crippen molar-refractivity contribution in [2.24, 2.45) is 5.10 Å². The molecule has 184 valence electrons. The van der Waals surface area contributed by atoms with E-state index in [0.29, 0.717) is 27.9 Å². The second kappa shape index (κ2) is 10.9. The third kappa shape index (κ3) is 5.18. The number of thiophene rings is 1. The predicted molar refractivity (Wildman–Crippen MR) is 146 cm³/mol. The van der Waals surface area contributed by atoms with Crippen molar-refractivity contribution in [3.8, 4) is 11.4 Å². The molecule has 1 N–H and O–H groups in total. The van der Waals surface area contributed by atoms with Gasteiger partial charge >= 0.3 is 0 Å². The molecule has 1 aliphatic rings. The fourth-order valence-electron chi connectivity index (χ4n) is 4.10. The van der Waals surface area contributed by atoms with Crippen LogP contribution in [0.1, 0.15) is 29.3 Å². The Labute approximate surface area is 221 Å². The number of benzene rings is 2. The predicted octanol–water partition coefficient (Wildman–Crippen LogP) is 5.23. The molecule has 10 heteroatoms. The van der Waals surface area contributed by atoms with Gasteiger partial charge in [0, 0.05) is 9.90 Å². The first-order valence-electron chi connectivity index (χ1n) is 11.5. The number of aryl methyl sites for hydroxylation is 2. The van der Waals surface area contributed by atoms with Crippen molar-refractivity contribution >= 4 is 57.0 Å². The molecule has 7 nitrogen and oxygen atoms in total. The molecule has 0 radical (unpaired) electrons. The van der Waals surface area contributed by atoms with Crippen LogP contribution in [-0.4, -0.2) is 34.0 Å². The largest absolute Gasteiger partial charge is 0.494 e. The van der Waals surface area contributed by atoms with Crippen LogP contribution in [0.3, 0.4) is 0 Å². The molecule has 0 spiro atoms. The van der Waals surface area contributed by atoms with E-state index in [2.05, 4.69) is 10.5 Å². The normalized spacial score (nSPS) is 12.8. The highest BCUT2D eigenvalue weighted by atomic mass is 35.5. The molecule has 1 amide bonds. The quantitative estimate of drug-likeness (QED) is 0.144. The van der Waals surface area contributed by atoms with Crippen LogP contribution in [0.5, 0.6) is 5.75 Å². The van der Waals surface area contributed by atoms with Crippen molar-refractivity contribution in [2.45, 2.75) is 31.3 Å². The summed E-state index contributed by atoms with van der Waals surface area (Å²) in [4.78, 5) is 33.0. The smallest absolute Gasteiger partial charge is 0.267 e. The van der Waals surface area contributed by atoms with Crippen LogP contribution in [0.4, 0.5) is 0 Å². The summed E-state index contributed by atoms with van der Waals surface area (Å²) in [6.45, 7) is 2.48. The number of hydrazone groups is 1. The van der Waals surface area contributed by atoms with Crippen LogP contribution >= 0.6 is 34.7 Å². The van der Waals surface area contributed by atoms with Gasteiger partial charge in [0.15, 0.2) is 5.16 Å². The van der Waals surface area contributed by atoms with E-state index >= 15 is 0 Å². The molecule has 2 aromatic heterocycles. The minimum absolute atomic E-state index is 0.0536. The van der Waals surface area contributed by atoms with E-state index in [4.69, 9.17) is 21.3 Å². The second-order valence-corrected chi connectivity index (χ2v) is 10.6. The van der Waals surface area contributed by atoms with E-state index in [9.17, 15) is 9.59 Å². The second-order valence-electron chi connectivity index (χ2n) is 8.13. The van der Waals surface area contributed by atoms with Crippen LogP contribution in [0, 0.1) is 0 Å². The third-order valence-electron chi connectivity index (χ3n) is 5.72. The minimum atomic E-state index is -0.300. The molecule has 0 fully saturated rings. The molecule has 5 rings (SSSR count). The zero-order chi connectivity index (χ0) is 25.1. The number of carbonyl (C=O) groups is 1. The topological polar surface area (TPSA) is 85.6 Å². The Balaban J connectivity index is 1.41. The van der Waals surface area contributed by atoms with Gasteiger partial charge in [0.1, 0.15) is 10.6 Å². The molecule has 2 heterocycles. The lowest BCUT2D eigenvalue weighted by atomic mass is 10.2. The first-order chi connectivity index (χ1) is 17.5. The van der Waals surface area contributed by atoms with Crippen molar-refractivity contribution in [1.29, 1.82) is 0 Å². The molecular weight excluding hydrogens is 516 g/mol. The Kier molecular flexibility index (Phi) is 7.41. The lowest BCUT2D eigenvalue weighted by Gasteiger charge is -2.13. The Hall–Kier alpha value is -3.14. The number of aromatic nitrogens is 2. The van der Waals surface area contributed by atoms with Crippen molar-refractivity contribution in [2.75, 3.05) is 12.4 Å². The number of hydrogen-bond acceptors (Lipinski definition) is 7. The molecule has 0 bridgehead atoms. The first-order valence-corrected chi connectivity index (χ1v) is 13.7. The molecular formula is C26H23ClN4O3S2. The standard InChI is InChI=1S/C26H23ClN4O3S2/c1-2-34-19-12-10-18(11-13-19)31-25(33)23-20-4-3-5-21(20)36-24(23)29-26(31)35-15-22(32)30-28-14-16-6-8-17(27)9-7-16/h6-14H,2-5,15H2,1H3,(H,30,32). The summed E-state index contributed by atoms with van der Waals surface area (Å²) in [6.07, 6.45) is 4.49. The number of ether oxygens (including phenoxy) is 1. The van der Waals surface area contributed by atoms with Gasteiger partial charge in [0.25, 0.3) is 11.5 Å². The number of carbonyl (C=O) groups excluding carboxylic acids is 1. The number of nitrogens with zero attached hydrogens (tertiary/aromatic N) is 3. The fraction of sp³-hybridized carbons (Fsp3) is 0.231. The Bertz CT molecular complexity index is 1500. The number of nitrogens with one attached hydrogen (secondary N) is 1. The number of halogens is 1. The molecule has 0 unspecified atom stereocenters. The zero-order valence-electron chi connectivity index (χ0n) is 19.5. The van der Waals surface area contributed by atoms with Gasteiger partial charge in [-0.25, -0.2) is 10.4 Å². The van der Waals surface area contributed by atoms with E-state index in [0.717, 1.165) is 41.0 Å². The number of rotatable bonds is 8. The van der Waals surface area contributed by atoms with Gasteiger partial charge < -0.3 is 4.74 Å². The fourth-order valence-corrected chi connectivity index (χ4v) is 6.33. The first kappa shape index (κ1) is 24.5. The van der Waals surface area contributed by atoms with E-state index in [-0.39, 0.29) is 17.2 Å². The number of thioether (sulfide) groups is 1. The maximum Gasteiger partial charge on any atom is 0.267 e. The molecule has 0 aliphatic heterocycles. The van der Waals surface area contributed by atoms with Crippen molar-refractivity contribution in [3.05, 3.63) is 79.9 Å². The lowest BCUT2D eigenvalue weighted by Crippen LogP contribution is -2.24. The van der Waals surface area contributed by atoms with Gasteiger partial charge in [0.05, 0.1) is 29.6 Å². The highest BCUT2D eigenvalue weighted by Crippen LogP contribution is 2.36. The van der Waals surface area contributed by atoms with E-state index in [1.165, 1.54) is 16.6 Å². The Morgan fingerprint density at radius 1 is 1.22 bits per heavy atom. The van der Waals surface area contributed by atoms with Gasteiger partial charge in [-0.15, -0.1) is 11.3 Å². The van der Waals surface area contributed by atoms with E-state index in [1.54, 1.807) is 46.4 Å². The average molecular weight is 539 g/mol. The SMILES string of the molecule is CCOc1ccc(-n2c(SCC(=O)NN=Cc3ccc(Cl)cc3)nc3sc4c(c3c2=O)CCC4)cc1. The van der Waals surface area contributed by atoms with E-state index in [1.807, 2.05) is 31.2 Å². The van der Waals surface area contributed by atoms with E-state index < -0.39 is 0 Å². The molecule has 0 saturated heterocycles. The number of amides is 1. The van der Waals surface area contributed by atoms with Crippen LogP contribution in [0.25, 0.3) is 15.9 Å². The summed E-state index contributed by atoms with van der Waals surface area (Å²) < 4.78 is 7.15. The molecule has 0 atom stereocenters. The van der Waals surface area contributed by atoms with Crippen molar-refractivity contribution in [3.63, 3.8) is 0 Å². The zero-order valence-corrected chi connectivity index (χ0v) is 21.9. The molecule has 4 aromatic rings. The van der Waals surface area contributed by atoms with Crippen molar-refractivity contribution < 1.29 is 9.53 Å². The molecule has 2 aromatic carbocycles. The number of hydrogen-bond donors (Lipinski definition) is 1. The van der Waals surface area contributed by atoms with Crippen molar-refractivity contribution in [1.82, 2.24) is 15.0 Å². The molecule has 36 heavy (non-hydrogen) atoms. The average Bonchev–Trinajstić information content (AvgIpc) is 3.46. The summed E-state index contributed by atoms with van der Waals surface area (Å²) in [5.41, 5.74) is 5.04. The summed E-state index contributed by atoms with van der Waals surface area (Å²) in [5, 5.41) is 5.80. The van der Waals surface area contributed by atoms with Crippen LogP contribution in [0.2, 0.25) is 5.02 Å². The molecule has 0 saturated carbocycles. The minimum Gasteiger partial charge on any atom is -0.494 e. The third-order valence-corrected chi connectivity index (χ3v) is 8.10. The van der Waals surface area contributed by atoms with Gasteiger partial charge in [-0.2, -0.15) is 5.10 Å². The number of fused-ring (bicyclic) bond motifs is 3. The van der Waals surface area contributed by atoms with Crippen LogP contribution < -0.4 is 15.7 Å². The highest BCUT2D eigenvalue weighted by Gasteiger charge is 2.24. The van der Waals surface area contributed by atoms with Gasteiger partial charge in [-0.3, -0.25) is 14.2 Å². The summed E-state index contributed by atoms with van der Waals surface area (Å²) >= 11 is 8.68. The monoisotopic (exact) mass is 538 g/mol. The molecule has 1 aliphatic carbocycles. The van der Waals surface area contributed by atoms with Gasteiger partial charge in [-0.05, 0) is 73.7 Å².